The number of rotatable bonds is 16. The topological polar surface area (TPSA) is 252 Å². The molecule has 0 saturated carbocycles. The smallest absolute Gasteiger partial charge is 0.353 e. The van der Waals surface area contributed by atoms with Crippen LogP contribution in [0.3, 0.4) is 0 Å². The Morgan fingerprint density at radius 1 is 1.30 bits per heavy atom. The Labute approximate surface area is 285 Å². The first-order valence-corrected chi connectivity index (χ1v) is 18.1. The highest BCUT2D eigenvalue weighted by Gasteiger charge is 2.54. The first-order valence-electron chi connectivity index (χ1n) is 13.8. The van der Waals surface area contributed by atoms with Crippen molar-refractivity contribution in [3.05, 3.63) is 44.7 Å². The van der Waals surface area contributed by atoms with Crippen molar-refractivity contribution in [2.24, 2.45) is 16.6 Å². The molecule has 2 aliphatic rings. The minimum atomic E-state index is -1.28. The summed E-state index contributed by atoms with van der Waals surface area (Å²) in [5.41, 5.74) is 17.1. The lowest BCUT2D eigenvalue weighted by Gasteiger charge is -2.49. The number of nitrogens with two attached hydrogens (primary N) is 3. The van der Waals surface area contributed by atoms with Crippen molar-refractivity contribution >= 4 is 92.8 Å². The van der Waals surface area contributed by atoms with E-state index in [1.165, 1.54) is 23.5 Å². The van der Waals surface area contributed by atoms with E-state index in [2.05, 4.69) is 25.8 Å². The molecular weight excluding hydrogens is 698 g/mol. The fourth-order valence-electron chi connectivity index (χ4n) is 4.50. The Balaban J connectivity index is 1.36. The molecule has 2 aromatic rings. The number of carbonyl (C=O) groups is 4. The molecule has 248 valence electrons. The molecule has 3 atom stereocenters. The fraction of sp³-hybridized carbons (Fsp3) is 0.423. The zero-order chi connectivity index (χ0) is 33.4. The van der Waals surface area contributed by atoms with Crippen LogP contribution in [0.15, 0.2) is 39.1 Å². The summed E-state index contributed by atoms with van der Waals surface area (Å²) in [7, 11) is 0. The van der Waals surface area contributed by atoms with E-state index < -0.39 is 41.0 Å². The molecule has 46 heavy (non-hydrogen) atoms. The predicted octanol–water partition coefficient (Wildman–Crippen LogP) is 1.25. The van der Waals surface area contributed by atoms with Gasteiger partial charge in [-0.1, -0.05) is 46.3 Å². The zero-order valence-electron chi connectivity index (χ0n) is 24.2. The van der Waals surface area contributed by atoms with Crippen LogP contribution in [-0.2, 0) is 24.9 Å². The molecular formula is C26H32ClN9O6S4. The number of hydrogen-bond acceptors (Lipinski definition) is 15. The number of aromatic nitrogens is 2. The van der Waals surface area contributed by atoms with Crippen LogP contribution in [0.25, 0.3) is 0 Å². The number of halogens is 1. The number of fused-ring (bicyclic) bond motifs is 1. The van der Waals surface area contributed by atoms with E-state index in [9.17, 15) is 29.5 Å². The van der Waals surface area contributed by atoms with Gasteiger partial charge in [0.25, 0.3) is 11.8 Å². The quantitative estimate of drug-likeness (QED) is 0.0422. The largest absolute Gasteiger partial charge is 0.477 e. The van der Waals surface area contributed by atoms with E-state index in [0.717, 1.165) is 39.5 Å². The SMILES string of the molecule is NCCCC[C@H](N)C(=O)NCCSCc1cnccc1SC1=C(C(=O)O)N2C(=O)[C@@H](NC(=O)/C(=N\O)c3nc(N)sc3Cl)[C@@H]2SC1. The van der Waals surface area contributed by atoms with Crippen LogP contribution in [0.1, 0.15) is 30.5 Å². The molecule has 20 heteroatoms. The van der Waals surface area contributed by atoms with Gasteiger partial charge in [0.2, 0.25) is 5.91 Å². The summed E-state index contributed by atoms with van der Waals surface area (Å²) in [6, 6.07) is 0.138. The number of carboxylic acids is 1. The average molecular weight is 730 g/mol. The Hall–Kier alpha value is -3.07. The number of amides is 3. The molecule has 3 amide bonds. The van der Waals surface area contributed by atoms with Crippen LogP contribution < -0.4 is 27.8 Å². The summed E-state index contributed by atoms with van der Waals surface area (Å²) in [5.74, 6) is -1.59. The third-order valence-electron chi connectivity index (χ3n) is 6.77. The second-order valence-electron chi connectivity index (χ2n) is 9.88. The first-order chi connectivity index (χ1) is 22.1. The zero-order valence-corrected chi connectivity index (χ0v) is 28.2. The van der Waals surface area contributed by atoms with Crippen LogP contribution in [0.4, 0.5) is 5.13 Å². The van der Waals surface area contributed by atoms with Crippen LogP contribution in [0.5, 0.6) is 0 Å². The van der Waals surface area contributed by atoms with E-state index in [0.29, 0.717) is 35.9 Å². The minimum Gasteiger partial charge on any atom is -0.477 e. The number of oxime groups is 1. The summed E-state index contributed by atoms with van der Waals surface area (Å²) in [4.78, 5) is 61.1. The highest BCUT2D eigenvalue weighted by molar-refractivity contribution is 8.06. The Morgan fingerprint density at radius 3 is 2.76 bits per heavy atom. The van der Waals surface area contributed by atoms with Gasteiger partial charge in [-0.05, 0) is 31.0 Å². The van der Waals surface area contributed by atoms with Crippen LogP contribution >= 0.6 is 58.2 Å². The normalized spacial score (nSPS) is 18.5. The molecule has 0 bridgehead atoms. The molecule has 0 radical (unpaired) electrons. The van der Waals surface area contributed by atoms with Crippen molar-refractivity contribution in [3.63, 3.8) is 0 Å². The number of nitrogens with one attached hydrogen (secondary N) is 2. The highest BCUT2D eigenvalue weighted by Crippen LogP contribution is 2.46. The third kappa shape index (κ3) is 8.44. The number of thiazole rings is 1. The second kappa shape index (κ2) is 16.7. The van der Waals surface area contributed by atoms with Crippen molar-refractivity contribution in [1.82, 2.24) is 25.5 Å². The molecule has 4 rings (SSSR count). The highest BCUT2D eigenvalue weighted by atomic mass is 35.5. The number of nitrogens with zero attached hydrogens (tertiary/aromatic N) is 4. The number of hydrogen-bond donors (Lipinski definition) is 7. The molecule has 0 spiro atoms. The van der Waals surface area contributed by atoms with Gasteiger partial charge < -0.3 is 38.1 Å². The molecule has 2 aromatic heterocycles. The molecule has 4 heterocycles. The standard InChI is InChI=1S/C26H32ClN9O6S4/c27-20-16(34-26(30)46-20)17(35-42)22(38)33-18-23(39)36-19(25(40)41)15(11-44-24(18)36)45-14-4-6-31-9-12(14)10-43-8-7-32-21(37)13(29)3-1-2-5-28/h4,6,9,13,18,24,42H,1-3,5,7-8,10-11,28-29H2,(H2,30,34)(H,32,37)(H,33,38)(H,40,41)/b35-17-/t13-,18+,24-/m0/s1. The summed E-state index contributed by atoms with van der Waals surface area (Å²) in [6.45, 7) is 1.00. The minimum absolute atomic E-state index is 0.0295. The van der Waals surface area contributed by atoms with Crippen molar-refractivity contribution in [2.75, 3.05) is 30.3 Å². The van der Waals surface area contributed by atoms with Gasteiger partial charge in [-0.25, -0.2) is 9.78 Å². The van der Waals surface area contributed by atoms with E-state index in [1.54, 1.807) is 30.2 Å². The number of pyridine rings is 1. The number of aliphatic carboxylic acids is 1. The molecule has 0 aromatic carbocycles. The Bertz CT molecular complexity index is 1540. The Morgan fingerprint density at radius 2 is 2.09 bits per heavy atom. The van der Waals surface area contributed by atoms with Gasteiger partial charge in [-0.15, -0.1) is 11.8 Å². The lowest BCUT2D eigenvalue weighted by Crippen LogP contribution is -2.71. The van der Waals surface area contributed by atoms with E-state index in [4.69, 9.17) is 28.8 Å². The molecule has 10 N–H and O–H groups in total. The molecule has 0 unspecified atom stereocenters. The van der Waals surface area contributed by atoms with E-state index in [-0.39, 0.29) is 32.5 Å². The summed E-state index contributed by atoms with van der Waals surface area (Å²) in [5, 5.41) is 27.2. The number of carboxylic acid groups (broad SMARTS) is 1. The predicted molar refractivity (Wildman–Crippen MR) is 180 cm³/mol. The summed E-state index contributed by atoms with van der Waals surface area (Å²) in [6.07, 6.45) is 5.50. The first kappa shape index (κ1) is 35.8. The van der Waals surface area contributed by atoms with Crippen LogP contribution in [0.2, 0.25) is 4.34 Å². The van der Waals surface area contributed by atoms with Crippen molar-refractivity contribution < 1.29 is 29.5 Å². The number of β-lactam (4-membered cyclic amide) rings is 1. The molecule has 1 saturated heterocycles. The van der Waals surface area contributed by atoms with Crippen molar-refractivity contribution in [3.8, 4) is 0 Å². The van der Waals surface area contributed by atoms with Crippen LogP contribution in [0, 0.1) is 0 Å². The number of thioether (sulfide) groups is 3. The summed E-state index contributed by atoms with van der Waals surface area (Å²) >= 11 is 11.0. The van der Waals surface area contributed by atoms with Gasteiger partial charge in [0.05, 0.1) is 6.04 Å². The van der Waals surface area contributed by atoms with Gasteiger partial charge in [-0.2, -0.15) is 11.8 Å². The average Bonchev–Trinajstić information content (AvgIpc) is 3.37. The maximum atomic E-state index is 13.2. The molecule has 1 fully saturated rings. The molecule has 15 nitrogen and oxygen atoms in total. The van der Waals surface area contributed by atoms with Crippen molar-refractivity contribution in [2.45, 2.75) is 47.4 Å². The third-order valence-corrected chi connectivity index (χ3v) is 11.5. The fourth-order valence-corrected chi connectivity index (χ4v) is 8.92. The molecule has 0 aliphatic carbocycles. The lowest BCUT2D eigenvalue weighted by atomic mass is 10.0. The number of carbonyl (C=O) groups excluding carboxylic acids is 3. The van der Waals surface area contributed by atoms with Gasteiger partial charge in [0.1, 0.15) is 27.1 Å². The Kier molecular flexibility index (Phi) is 13.0. The van der Waals surface area contributed by atoms with Gasteiger partial charge >= 0.3 is 5.97 Å². The van der Waals surface area contributed by atoms with Gasteiger partial charge in [-0.3, -0.25) is 24.3 Å². The maximum absolute atomic E-state index is 13.2. The monoisotopic (exact) mass is 729 g/mol. The number of anilines is 1. The van der Waals surface area contributed by atoms with Crippen LogP contribution in [-0.4, -0.2) is 96.6 Å². The number of nitrogen functional groups attached to an aromatic ring is 1. The summed E-state index contributed by atoms with van der Waals surface area (Å²) < 4.78 is 0.0295. The number of unbranched alkanes of at least 4 members (excludes halogenated alkanes) is 1. The maximum Gasteiger partial charge on any atom is 0.353 e. The van der Waals surface area contributed by atoms with Gasteiger partial charge in [0.15, 0.2) is 10.8 Å². The van der Waals surface area contributed by atoms with Crippen molar-refractivity contribution in [1.29, 1.82) is 0 Å². The van der Waals surface area contributed by atoms with Gasteiger partial charge in [0, 0.05) is 46.0 Å². The van der Waals surface area contributed by atoms with E-state index in [1.807, 2.05) is 0 Å². The van der Waals surface area contributed by atoms with E-state index >= 15 is 0 Å². The second-order valence-corrected chi connectivity index (χ2v) is 14.9. The molecule has 2 aliphatic heterocycles. The lowest BCUT2D eigenvalue weighted by molar-refractivity contribution is -0.150.